The number of ether oxygens (including phenoxy) is 2. The molecule has 0 unspecified atom stereocenters. The number of nitrogens with zero attached hydrogens (tertiary/aromatic N) is 2. The SMILES string of the molecule is Cc1nc(Oc2ccccc2F)nc(C)c1NC(=O)c1cccc(Oc2ccc(F)cc2)c1. The zero-order chi connectivity index (χ0) is 23.4. The molecule has 1 heterocycles. The molecule has 166 valence electrons. The van der Waals surface area contributed by atoms with Gasteiger partial charge in [0, 0.05) is 5.56 Å². The van der Waals surface area contributed by atoms with Crippen molar-refractivity contribution in [1.82, 2.24) is 9.97 Å². The van der Waals surface area contributed by atoms with E-state index in [2.05, 4.69) is 15.3 Å². The fourth-order valence-electron chi connectivity index (χ4n) is 3.06. The molecular weight excluding hydrogens is 428 g/mol. The van der Waals surface area contributed by atoms with Gasteiger partial charge in [0.25, 0.3) is 5.91 Å². The van der Waals surface area contributed by atoms with E-state index in [-0.39, 0.29) is 17.6 Å². The zero-order valence-electron chi connectivity index (χ0n) is 17.8. The van der Waals surface area contributed by atoms with Crippen molar-refractivity contribution in [2.75, 3.05) is 5.32 Å². The Balaban J connectivity index is 1.50. The van der Waals surface area contributed by atoms with E-state index >= 15 is 0 Å². The summed E-state index contributed by atoms with van der Waals surface area (Å²) in [5.74, 6) is -0.416. The average Bonchev–Trinajstić information content (AvgIpc) is 2.79. The minimum atomic E-state index is -0.531. The van der Waals surface area contributed by atoms with Crippen LogP contribution in [0.15, 0.2) is 72.8 Å². The van der Waals surface area contributed by atoms with Gasteiger partial charge in [-0.2, -0.15) is 9.97 Å². The second kappa shape index (κ2) is 9.44. The molecule has 1 aromatic heterocycles. The minimum Gasteiger partial charge on any atom is -0.457 e. The standard InChI is InChI=1S/C25H19F2N3O3/c1-15-23(16(2)29-25(28-15)33-22-9-4-3-8-21(22)27)30-24(31)17-6-5-7-20(14-17)32-19-12-10-18(26)11-13-19/h3-14H,1-2H3,(H,30,31). The first-order valence-electron chi connectivity index (χ1n) is 10.0. The molecule has 1 amide bonds. The molecule has 0 aliphatic rings. The molecule has 0 spiro atoms. The minimum absolute atomic E-state index is 0.00561. The topological polar surface area (TPSA) is 73.3 Å². The van der Waals surface area contributed by atoms with Crippen LogP contribution in [-0.2, 0) is 0 Å². The average molecular weight is 447 g/mol. The smallest absolute Gasteiger partial charge is 0.322 e. The number of benzene rings is 3. The third-order valence-electron chi connectivity index (χ3n) is 4.67. The van der Waals surface area contributed by atoms with Crippen molar-refractivity contribution in [3.05, 3.63) is 101 Å². The lowest BCUT2D eigenvalue weighted by Crippen LogP contribution is -2.15. The largest absolute Gasteiger partial charge is 0.457 e. The van der Waals surface area contributed by atoms with Crippen LogP contribution in [0.5, 0.6) is 23.3 Å². The Morgan fingerprint density at radius 3 is 2.21 bits per heavy atom. The number of aryl methyl sites for hydroxylation is 2. The quantitative estimate of drug-likeness (QED) is 0.381. The van der Waals surface area contributed by atoms with Gasteiger partial charge in [-0.3, -0.25) is 4.79 Å². The first-order chi connectivity index (χ1) is 15.9. The molecule has 0 radical (unpaired) electrons. The summed E-state index contributed by atoms with van der Waals surface area (Å²) in [6.45, 7) is 3.37. The predicted octanol–water partition coefficient (Wildman–Crippen LogP) is 6.21. The first-order valence-corrected chi connectivity index (χ1v) is 10.0. The summed E-state index contributed by atoms with van der Waals surface area (Å²) in [7, 11) is 0. The number of para-hydroxylation sites is 1. The molecule has 0 atom stereocenters. The summed E-state index contributed by atoms with van der Waals surface area (Å²) in [6.07, 6.45) is 0. The molecule has 4 aromatic rings. The molecule has 3 aromatic carbocycles. The Morgan fingerprint density at radius 2 is 1.52 bits per heavy atom. The summed E-state index contributed by atoms with van der Waals surface area (Å²) in [5, 5.41) is 2.80. The van der Waals surface area contributed by atoms with Crippen molar-refractivity contribution < 1.29 is 23.0 Å². The van der Waals surface area contributed by atoms with Crippen molar-refractivity contribution in [3.63, 3.8) is 0 Å². The van der Waals surface area contributed by atoms with E-state index < -0.39 is 11.7 Å². The molecule has 0 bridgehead atoms. The Hall–Kier alpha value is -4.33. The molecule has 33 heavy (non-hydrogen) atoms. The second-order valence-electron chi connectivity index (χ2n) is 7.12. The maximum Gasteiger partial charge on any atom is 0.322 e. The molecule has 4 rings (SSSR count). The van der Waals surface area contributed by atoms with Crippen LogP contribution >= 0.6 is 0 Å². The van der Waals surface area contributed by atoms with Crippen molar-refractivity contribution in [1.29, 1.82) is 0 Å². The number of rotatable bonds is 6. The van der Waals surface area contributed by atoms with Gasteiger partial charge in [-0.1, -0.05) is 18.2 Å². The highest BCUT2D eigenvalue weighted by molar-refractivity contribution is 6.05. The Morgan fingerprint density at radius 1 is 0.818 bits per heavy atom. The van der Waals surface area contributed by atoms with E-state index in [9.17, 15) is 13.6 Å². The van der Waals surface area contributed by atoms with Gasteiger partial charge in [-0.15, -0.1) is 0 Å². The number of carbonyl (C=O) groups is 1. The Bertz CT molecular complexity index is 1290. The van der Waals surface area contributed by atoms with E-state index in [1.165, 1.54) is 36.4 Å². The molecule has 8 heteroatoms. The van der Waals surface area contributed by atoms with Gasteiger partial charge in [-0.05, 0) is 68.4 Å². The summed E-state index contributed by atoms with van der Waals surface area (Å²) in [6, 6.07) is 18.1. The van der Waals surface area contributed by atoms with E-state index in [4.69, 9.17) is 9.47 Å². The number of amides is 1. The normalized spacial score (nSPS) is 10.5. The highest BCUT2D eigenvalue weighted by Crippen LogP contribution is 2.26. The highest BCUT2D eigenvalue weighted by Gasteiger charge is 2.15. The predicted molar refractivity (Wildman–Crippen MR) is 119 cm³/mol. The molecule has 0 aliphatic heterocycles. The molecule has 6 nitrogen and oxygen atoms in total. The highest BCUT2D eigenvalue weighted by atomic mass is 19.1. The Kier molecular flexibility index (Phi) is 6.26. The van der Waals surface area contributed by atoms with E-state index in [0.29, 0.717) is 34.1 Å². The van der Waals surface area contributed by atoms with Gasteiger partial charge >= 0.3 is 6.01 Å². The van der Waals surface area contributed by atoms with Gasteiger partial charge < -0.3 is 14.8 Å². The van der Waals surface area contributed by atoms with Crippen LogP contribution in [0.4, 0.5) is 14.5 Å². The van der Waals surface area contributed by atoms with E-state index in [1.54, 1.807) is 50.2 Å². The number of aromatic nitrogens is 2. The van der Waals surface area contributed by atoms with Crippen LogP contribution in [0.3, 0.4) is 0 Å². The van der Waals surface area contributed by atoms with Crippen LogP contribution in [0, 0.1) is 25.5 Å². The molecule has 1 N–H and O–H groups in total. The maximum absolute atomic E-state index is 13.8. The van der Waals surface area contributed by atoms with Gasteiger partial charge in [0.05, 0.1) is 17.1 Å². The molecule has 0 aliphatic carbocycles. The first kappa shape index (κ1) is 21.9. The summed E-state index contributed by atoms with van der Waals surface area (Å²) in [5.41, 5.74) is 1.69. The zero-order valence-corrected chi connectivity index (χ0v) is 17.8. The van der Waals surface area contributed by atoms with Gasteiger partial charge in [0.15, 0.2) is 11.6 Å². The lowest BCUT2D eigenvalue weighted by atomic mass is 10.2. The monoisotopic (exact) mass is 447 g/mol. The van der Waals surface area contributed by atoms with Crippen LogP contribution in [0.2, 0.25) is 0 Å². The Labute approximate surface area is 188 Å². The van der Waals surface area contributed by atoms with Crippen molar-refractivity contribution in [3.8, 4) is 23.3 Å². The number of nitrogens with one attached hydrogen (secondary N) is 1. The maximum atomic E-state index is 13.8. The number of carbonyl (C=O) groups excluding carboxylic acids is 1. The van der Waals surface area contributed by atoms with Gasteiger partial charge in [-0.25, -0.2) is 8.78 Å². The number of hydrogen-bond donors (Lipinski definition) is 1. The summed E-state index contributed by atoms with van der Waals surface area (Å²) in [4.78, 5) is 21.3. The molecule has 0 saturated carbocycles. The molecular formula is C25H19F2N3O3. The van der Waals surface area contributed by atoms with Crippen molar-refractivity contribution in [2.45, 2.75) is 13.8 Å². The van der Waals surface area contributed by atoms with Crippen molar-refractivity contribution >= 4 is 11.6 Å². The third-order valence-corrected chi connectivity index (χ3v) is 4.67. The van der Waals surface area contributed by atoms with Gasteiger partial charge in [0.1, 0.15) is 17.3 Å². The van der Waals surface area contributed by atoms with Crippen LogP contribution < -0.4 is 14.8 Å². The molecule has 0 fully saturated rings. The van der Waals surface area contributed by atoms with Crippen LogP contribution in [0.1, 0.15) is 21.7 Å². The lowest BCUT2D eigenvalue weighted by Gasteiger charge is -2.13. The van der Waals surface area contributed by atoms with Gasteiger partial charge in [0.2, 0.25) is 0 Å². The van der Waals surface area contributed by atoms with E-state index in [1.807, 2.05) is 0 Å². The number of halogens is 2. The van der Waals surface area contributed by atoms with Crippen LogP contribution in [-0.4, -0.2) is 15.9 Å². The second-order valence-corrected chi connectivity index (χ2v) is 7.12. The number of hydrogen-bond acceptors (Lipinski definition) is 5. The number of anilines is 1. The van der Waals surface area contributed by atoms with E-state index in [0.717, 1.165) is 0 Å². The molecule has 0 saturated heterocycles. The van der Waals surface area contributed by atoms with Crippen molar-refractivity contribution in [2.24, 2.45) is 0 Å². The summed E-state index contributed by atoms with van der Waals surface area (Å²) >= 11 is 0. The third kappa shape index (κ3) is 5.30. The fourth-order valence-corrected chi connectivity index (χ4v) is 3.06. The summed E-state index contributed by atoms with van der Waals surface area (Å²) < 4.78 is 38.0. The lowest BCUT2D eigenvalue weighted by molar-refractivity contribution is 0.102. The fraction of sp³-hybridized carbons (Fsp3) is 0.0800. The van der Waals surface area contributed by atoms with Crippen LogP contribution in [0.25, 0.3) is 0 Å².